The summed E-state index contributed by atoms with van der Waals surface area (Å²) in [5.74, 6) is 0. The first-order valence-electron chi connectivity index (χ1n) is 2.96. The molecule has 0 bridgehead atoms. The van der Waals surface area contributed by atoms with E-state index < -0.39 is 0 Å². The molecule has 52 valence electrons. The average Bonchev–Trinajstić information content (AvgIpc) is 2.37. The highest BCUT2D eigenvalue weighted by Crippen LogP contribution is 2.11. The molecule has 0 aromatic rings. The standard InChI is InChI=1S/C6H11NO2/c1-5(4-7)6-8-2-3-9-6/h4,6H,2-3,7H2,1H3/b5-4+. The Kier molecular flexibility index (Phi) is 2.08. The van der Waals surface area contributed by atoms with Crippen molar-refractivity contribution in [2.24, 2.45) is 5.73 Å². The zero-order valence-electron chi connectivity index (χ0n) is 5.46. The largest absolute Gasteiger partial charge is 0.404 e. The molecule has 1 aliphatic rings. The lowest BCUT2D eigenvalue weighted by Crippen LogP contribution is -2.09. The zero-order chi connectivity index (χ0) is 6.69. The van der Waals surface area contributed by atoms with Gasteiger partial charge in [0, 0.05) is 0 Å². The predicted molar refractivity (Wildman–Crippen MR) is 33.6 cm³/mol. The highest BCUT2D eigenvalue weighted by atomic mass is 16.7. The van der Waals surface area contributed by atoms with Crippen molar-refractivity contribution in [3.05, 3.63) is 11.8 Å². The van der Waals surface area contributed by atoms with Gasteiger partial charge in [0.15, 0.2) is 6.29 Å². The van der Waals surface area contributed by atoms with Crippen LogP contribution in [-0.4, -0.2) is 19.5 Å². The van der Waals surface area contributed by atoms with E-state index in [2.05, 4.69) is 0 Å². The van der Waals surface area contributed by atoms with Crippen molar-refractivity contribution in [1.29, 1.82) is 0 Å². The quantitative estimate of drug-likeness (QED) is 0.551. The van der Waals surface area contributed by atoms with Crippen molar-refractivity contribution in [2.45, 2.75) is 13.2 Å². The topological polar surface area (TPSA) is 44.5 Å². The summed E-state index contributed by atoms with van der Waals surface area (Å²) in [5.41, 5.74) is 6.17. The second-order valence-corrected chi connectivity index (χ2v) is 1.98. The number of nitrogens with two attached hydrogens (primary N) is 1. The third kappa shape index (κ3) is 1.43. The molecule has 0 amide bonds. The maximum absolute atomic E-state index is 5.23. The Hall–Kier alpha value is -0.540. The van der Waals surface area contributed by atoms with Crippen LogP contribution in [0.1, 0.15) is 6.92 Å². The van der Waals surface area contributed by atoms with Crippen molar-refractivity contribution < 1.29 is 9.47 Å². The van der Waals surface area contributed by atoms with Crippen molar-refractivity contribution in [3.63, 3.8) is 0 Å². The molecule has 1 aliphatic heterocycles. The molecule has 1 fully saturated rings. The second kappa shape index (κ2) is 2.85. The lowest BCUT2D eigenvalue weighted by atomic mass is 10.3. The van der Waals surface area contributed by atoms with Gasteiger partial charge < -0.3 is 15.2 Å². The van der Waals surface area contributed by atoms with Crippen molar-refractivity contribution in [3.8, 4) is 0 Å². The van der Waals surface area contributed by atoms with Gasteiger partial charge in [0.1, 0.15) is 0 Å². The molecule has 1 heterocycles. The van der Waals surface area contributed by atoms with Crippen LogP contribution in [0.3, 0.4) is 0 Å². The van der Waals surface area contributed by atoms with Crippen molar-refractivity contribution in [2.75, 3.05) is 13.2 Å². The lowest BCUT2D eigenvalue weighted by Gasteiger charge is -2.06. The van der Waals surface area contributed by atoms with Crippen LogP contribution in [-0.2, 0) is 9.47 Å². The van der Waals surface area contributed by atoms with Gasteiger partial charge >= 0.3 is 0 Å². The summed E-state index contributed by atoms with van der Waals surface area (Å²) >= 11 is 0. The SMILES string of the molecule is C/C(=C\N)C1OCCO1. The summed E-state index contributed by atoms with van der Waals surface area (Å²) in [5, 5.41) is 0. The maximum Gasteiger partial charge on any atom is 0.181 e. The molecule has 2 N–H and O–H groups in total. The molecular weight excluding hydrogens is 118 g/mol. The number of ether oxygens (including phenoxy) is 2. The lowest BCUT2D eigenvalue weighted by molar-refractivity contribution is -0.0111. The third-order valence-electron chi connectivity index (χ3n) is 1.26. The van der Waals surface area contributed by atoms with Gasteiger partial charge in [-0.15, -0.1) is 0 Å². The Morgan fingerprint density at radius 3 is 2.56 bits per heavy atom. The van der Waals surface area contributed by atoms with E-state index in [1.807, 2.05) is 6.92 Å². The first-order chi connectivity index (χ1) is 4.34. The minimum atomic E-state index is -0.185. The first kappa shape index (κ1) is 6.58. The fourth-order valence-corrected chi connectivity index (χ4v) is 0.700. The van der Waals surface area contributed by atoms with Gasteiger partial charge in [0.25, 0.3) is 0 Å². The highest BCUT2D eigenvalue weighted by Gasteiger charge is 2.16. The fourth-order valence-electron chi connectivity index (χ4n) is 0.700. The van der Waals surface area contributed by atoms with Crippen LogP contribution in [0.4, 0.5) is 0 Å². The molecule has 1 saturated heterocycles. The predicted octanol–water partition coefficient (Wildman–Crippen LogP) is 0.222. The molecule has 0 unspecified atom stereocenters. The minimum Gasteiger partial charge on any atom is -0.404 e. The van der Waals surface area contributed by atoms with Gasteiger partial charge in [-0.1, -0.05) is 0 Å². The Balaban J connectivity index is 2.42. The van der Waals surface area contributed by atoms with Crippen molar-refractivity contribution in [1.82, 2.24) is 0 Å². The Morgan fingerprint density at radius 1 is 1.56 bits per heavy atom. The Labute approximate surface area is 54.4 Å². The number of rotatable bonds is 1. The van der Waals surface area contributed by atoms with E-state index in [1.165, 1.54) is 6.20 Å². The normalized spacial score (nSPS) is 23.0. The Morgan fingerprint density at radius 2 is 2.11 bits per heavy atom. The average molecular weight is 129 g/mol. The molecule has 9 heavy (non-hydrogen) atoms. The summed E-state index contributed by atoms with van der Waals surface area (Å²) in [4.78, 5) is 0. The van der Waals surface area contributed by atoms with Gasteiger partial charge in [0.05, 0.1) is 13.2 Å². The van der Waals surface area contributed by atoms with Gasteiger partial charge in [0.2, 0.25) is 0 Å². The number of hydrogen-bond acceptors (Lipinski definition) is 3. The molecule has 3 heteroatoms. The zero-order valence-corrected chi connectivity index (χ0v) is 5.46. The molecular formula is C6H11NO2. The van der Waals surface area contributed by atoms with Gasteiger partial charge in [-0.05, 0) is 18.7 Å². The van der Waals surface area contributed by atoms with Crippen LogP contribution in [0.15, 0.2) is 11.8 Å². The first-order valence-corrected chi connectivity index (χ1v) is 2.96. The van der Waals surface area contributed by atoms with Gasteiger partial charge in [-0.25, -0.2) is 0 Å². The van der Waals surface area contributed by atoms with Crippen LogP contribution >= 0.6 is 0 Å². The molecule has 0 atom stereocenters. The molecule has 0 spiro atoms. The van der Waals surface area contributed by atoms with Crippen LogP contribution in [0.2, 0.25) is 0 Å². The van der Waals surface area contributed by atoms with Crippen LogP contribution < -0.4 is 5.73 Å². The number of hydrogen-bond donors (Lipinski definition) is 1. The summed E-state index contributed by atoms with van der Waals surface area (Å²) < 4.78 is 10.3. The van der Waals surface area contributed by atoms with Crippen molar-refractivity contribution >= 4 is 0 Å². The highest BCUT2D eigenvalue weighted by molar-refractivity contribution is 4.99. The summed E-state index contributed by atoms with van der Waals surface area (Å²) in [7, 11) is 0. The van der Waals surface area contributed by atoms with E-state index in [0.29, 0.717) is 13.2 Å². The molecule has 0 aromatic carbocycles. The van der Waals surface area contributed by atoms with Crippen LogP contribution in [0.5, 0.6) is 0 Å². The molecule has 1 rings (SSSR count). The van der Waals surface area contributed by atoms with Gasteiger partial charge in [-0.2, -0.15) is 0 Å². The maximum atomic E-state index is 5.23. The van der Waals surface area contributed by atoms with E-state index in [-0.39, 0.29) is 6.29 Å². The monoisotopic (exact) mass is 129 g/mol. The third-order valence-corrected chi connectivity index (χ3v) is 1.26. The molecule has 3 nitrogen and oxygen atoms in total. The molecule has 0 aromatic heterocycles. The Bertz CT molecular complexity index is 116. The molecule has 0 saturated carbocycles. The molecule has 0 aliphatic carbocycles. The van der Waals surface area contributed by atoms with E-state index in [0.717, 1.165) is 5.57 Å². The van der Waals surface area contributed by atoms with E-state index in [1.54, 1.807) is 0 Å². The van der Waals surface area contributed by atoms with E-state index in [4.69, 9.17) is 15.2 Å². The summed E-state index contributed by atoms with van der Waals surface area (Å²) in [6.07, 6.45) is 1.32. The van der Waals surface area contributed by atoms with E-state index in [9.17, 15) is 0 Å². The smallest absolute Gasteiger partial charge is 0.181 e. The summed E-state index contributed by atoms with van der Waals surface area (Å²) in [6, 6.07) is 0. The van der Waals surface area contributed by atoms with Gasteiger partial charge in [-0.3, -0.25) is 0 Å². The minimum absolute atomic E-state index is 0.185. The van der Waals surface area contributed by atoms with E-state index >= 15 is 0 Å². The van der Waals surface area contributed by atoms with Crippen LogP contribution in [0.25, 0.3) is 0 Å². The van der Waals surface area contributed by atoms with Crippen LogP contribution in [0, 0.1) is 0 Å². The summed E-state index contributed by atoms with van der Waals surface area (Å²) in [6.45, 7) is 3.24. The fraction of sp³-hybridized carbons (Fsp3) is 0.667. The molecule has 0 radical (unpaired) electrons. The second-order valence-electron chi connectivity index (χ2n) is 1.98.